The van der Waals surface area contributed by atoms with Crippen molar-refractivity contribution in [2.75, 3.05) is 0 Å². The van der Waals surface area contributed by atoms with Crippen LogP contribution in [0.5, 0.6) is 11.5 Å². The topological polar surface area (TPSA) is 222 Å². The molecule has 2 aromatic heterocycles. The lowest BCUT2D eigenvalue weighted by molar-refractivity contribution is -0.140. The van der Waals surface area contributed by atoms with Gasteiger partial charge in [-0.3, -0.25) is 9.59 Å². The van der Waals surface area contributed by atoms with Crippen molar-refractivity contribution in [1.29, 1.82) is 0 Å². The Morgan fingerprint density at radius 3 is 1.26 bits per heavy atom. The van der Waals surface area contributed by atoms with E-state index < -0.39 is 95.2 Å². The molecule has 0 aliphatic rings. The molecule has 0 unspecified atom stereocenters. The molecule has 4 rings (SSSR count). The first-order valence-electron chi connectivity index (χ1n) is 10.6. The lowest BCUT2D eigenvalue weighted by Crippen LogP contribution is -2.20. The predicted molar refractivity (Wildman–Crippen MR) is 132 cm³/mol. The Morgan fingerprint density at radius 2 is 0.976 bits per heavy atom. The number of alkyl halides is 6. The number of H-pyrrole nitrogens is 2. The molecule has 0 fully saturated rings. The van der Waals surface area contributed by atoms with Gasteiger partial charge < -0.3 is 19.0 Å². The monoisotopic (exact) mass is 662 g/mol. The van der Waals surface area contributed by atoms with Crippen molar-refractivity contribution in [2.24, 2.45) is 10.3 Å². The fraction of sp³-hybridized carbons (Fsp3) is 0.100. The number of hydrogen-bond donors (Lipinski definition) is 4. The van der Waals surface area contributed by atoms with Crippen molar-refractivity contribution >= 4 is 50.1 Å². The van der Waals surface area contributed by atoms with Crippen LogP contribution in [0.25, 0.3) is 21.8 Å². The van der Waals surface area contributed by atoms with E-state index >= 15 is 0 Å². The van der Waals surface area contributed by atoms with Crippen LogP contribution >= 0.6 is 8.25 Å². The number of rotatable bonds is 6. The number of hydrogen-bond acceptors (Lipinski definition) is 9. The number of aromatic amines is 2. The molecule has 0 saturated heterocycles. The summed E-state index contributed by atoms with van der Waals surface area (Å²) in [4.78, 5) is 25.9. The molecule has 42 heavy (non-hydrogen) atoms. The van der Waals surface area contributed by atoms with Gasteiger partial charge in [0, 0.05) is 21.8 Å². The Bertz CT molecular complexity index is 1990. The third-order valence-electron chi connectivity index (χ3n) is 5.43. The van der Waals surface area contributed by atoms with E-state index in [2.05, 4.69) is 0 Å². The number of nitrogens with one attached hydrogen (secondary N) is 2. The van der Waals surface area contributed by atoms with E-state index in [0.29, 0.717) is 36.4 Å². The van der Waals surface area contributed by atoms with Crippen LogP contribution < -0.4 is 30.4 Å². The van der Waals surface area contributed by atoms with Gasteiger partial charge in [0.15, 0.2) is 11.5 Å². The number of sulfonamides is 2. The average molecular weight is 662 g/mol. The van der Waals surface area contributed by atoms with Gasteiger partial charge >= 0.3 is 20.6 Å². The molecule has 2 aromatic carbocycles. The first kappa shape index (κ1) is 31.0. The second-order valence-corrected chi connectivity index (χ2v) is 12.3. The smallest absolute Gasteiger partial charge is 0.412 e. The number of pyridine rings is 2. The van der Waals surface area contributed by atoms with Gasteiger partial charge in [-0.25, -0.2) is 31.7 Å². The second-order valence-electron chi connectivity index (χ2n) is 8.34. The van der Waals surface area contributed by atoms with E-state index in [9.17, 15) is 57.3 Å². The predicted octanol–water partition coefficient (Wildman–Crippen LogP) is 2.55. The van der Waals surface area contributed by atoms with Crippen LogP contribution in [0, 0.1) is 0 Å². The molecule has 0 aliphatic heterocycles. The maximum atomic E-state index is 13.3. The molecule has 0 spiro atoms. The Balaban J connectivity index is 1.73. The van der Waals surface area contributed by atoms with Crippen LogP contribution in [-0.2, 0) is 37.0 Å². The van der Waals surface area contributed by atoms with Crippen LogP contribution in [0.1, 0.15) is 11.1 Å². The van der Waals surface area contributed by atoms with Crippen molar-refractivity contribution < 1.29 is 56.8 Å². The van der Waals surface area contributed by atoms with E-state index in [1.54, 1.807) is 0 Å². The Morgan fingerprint density at radius 1 is 0.643 bits per heavy atom. The molecular formula is C20H13F6N4O9PS2. The van der Waals surface area contributed by atoms with Crippen LogP contribution in [0.2, 0.25) is 0 Å². The Labute approximate surface area is 229 Å². The van der Waals surface area contributed by atoms with Gasteiger partial charge in [-0.2, -0.15) is 26.3 Å². The molecule has 22 heteroatoms. The van der Waals surface area contributed by atoms with Crippen molar-refractivity contribution in [2.45, 2.75) is 22.1 Å². The number of benzene rings is 2. The minimum atomic E-state index is -5.18. The van der Waals surface area contributed by atoms with Crippen LogP contribution in [0.4, 0.5) is 26.3 Å². The lowest BCUT2D eigenvalue weighted by atomic mass is 10.1. The highest BCUT2D eigenvalue weighted by Gasteiger charge is 2.38. The maximum Gasteiger partial charge on any atom is 0.419 e. The number of aromatic nitrogens is 2. The normalized spacial score (nSPS) is 13.2. The number of fused-ring (bicyclic) bond motifs is 2. The lowest BCUT2D eigenvalue weighted by Gasteiger charge is -2.14. The van der Waals surface area contributed by atoms with Crippen molar-refractivity contribution in [3.05, 3.63) is 68.2 Å². The third kappa shape index (κ3) is 6.28. The third-order valence-corrected chi connectivity index (χ3v) is 8.11. The fourth-order valence-electron chi connectivity index (χ4n) is 3.69. The summed E-state index contributed by atoms with van der Waals surface area (Å²) in [6.07, 6.45) is -10.4. The van der Waals surface area contributed by atoms with Crippen molar-refractivity contribution in [1.82, 2.24) is 9.97 Å². The van der Waals surface area contributed by atoms with Gasteiger partial charge in [-0.05, 0) is 36.4 Å². The van der Waals surface area contributed by atoms with Gasteiger partial charge in [0.2, 0.25) is 20.0 Å². The van der Waals surface area contributed by atoms with Gasteiger partial charge in [0.25, 0.3) is 11.1 Å². The summed E-state index contributed by atoms with van der Waals surface area (Å²) in [5.41, 5.74) is -6.90. The summed E-state index contributed by atoms with van der Waals surface area (Å²) in [6, 6.07) is 2.96. The first-order chi connectivity index (χ1) is 19.1. The molecular weight excluding hydrogens is 649 g/mol. The molecule has 226 valence electrons. The van der Waals surface area contributed by atoms with E-state index in [-0.39, 0.29) is 10.8 Å². The zero-order chi connectivity index (χ0) is 31.6. The minimum absolute atomic E-state index is 0.300. The molecule has 0 aliphatic carbocycles. The fourth-order valence-corrected chi connectivity index (χ4v) is 5.94. The van der Waals surface area contributed by atoms with E-state index in [1.807, 2.05) is 9.97 Å². The van der Waals surface area contributed by atoms with E-state index in [0.717, 1.165) is 0 Å². The van der Waals surface area contributed by atoms with Crippen molar-refractivity contribution in [3.8, 4) is 11.5 Å². The summed E-state index contributed by atoms with van der Waals surface area (Å²) >= 11 is 0. The van der Waals surface area contributed by atoms with Gasteiger partial charge in [0.05, 0.1) is 20.9 Å². The Kier molecular flexibility index (Phi) is 7.48. The summed E-state index contributed by atoms with van der Waals surface area (Å²) in [5, 5.41) is 9.01. The standard InChI is InChI=1S/C20H13F6N4O9PS2/c21-19(22,23)9-5-11-7(3-15(9)41(27,34)35)1-13(17(31)29-11)38-40(33)39-14-2-8-4-16(42(28,36)37)10(20(24,25)26)6-12(8)30-18(14)32/h1-6,40H,(H,29,31)(H,30,32)(H2,27,34,35)(H2,28,36,37). The maximum absolute atomic E-state index is 13.3. The molecule has 0 bridgehead atoms. The van der Waals surface area contributed by atoms with Gasteiger partial charge in [-0.15, -0.1) is 0 Å². The second kappa shape index (κ2) is 10.1. The molecule has 0 radical (unpaired) electrons. The zero-order valence-electron chi connectivity index (χ0n) is 19.9. The summed E-state index contributed by atoms with van der Waals surface area (Å²) in [5.74, 6) is -1.73. The molecule has 0 saturated carbocycles. The quantitative estimate of drug-likeness (QED) is 0.176. The van der Waals surface area contributed by atoms with Crippen LogP contribution in [0.15, 0.2) is 55.8 Å². The molecule has 4 aromatic rings. The summed E-state index contributed by atoms with van der Waals surface area (Å²) in [7, 11) is -13.8. The van der Waals surface area contributed by atoms with E-state index in [4.69, 9.17) is 19.3 Å². The highest BCUT2D eigenvalue weighted by atomic mass is 32.2. The Hall–Kier alpha value is -3.91. The SMILES string of the molecule is NS(=O)(=O)c1cc2cc(O[PH](=O)Oc3cc4cc(S(N)(=O)=O)c(C(F)(F)F)cc4[nH]c3=O)c(=O)[nH]c2cc1C(F)(F)F. The number of nitrogens with two attached hydrogens (primary N) is 2. The largest absolute Gasteiger partial charge is 0.419 e. The summed E-state index contributed by atoms with van der Waals surface area (Å²) < 4.78 is 149. The number of primary sulfonamides is 2. The zero-order valence-corrected chi connectivity index (χ0v) is 22.5. The van der Waals surface area contributed by atoms with Crippen LogP contribution in [-0.4, -0.2) is 26.8 Å². The molecule has 0 atom stereocenters. The van der Waals surface area contributed by atoms with Gasteiger partial charge in [-0.1, -0.05) is 0 Å². The van der Waals surface area contributed by atoms with E-state index in [1.165, 1.54) is 0 Å². The summed E-state index contributed by atoms with van der Waals surface area (Å²) in [6.45, 7) is 0. The molecule has 2 heterocycles. The molecule has 6 N–H and O–H groups in total. The average Bonchev–Trinajstić information content (AvgIpc) is 2.81. The molecule has 0 amide bonds. The first-order valence-corrected chi connectivity index (χ1v) is 14.9. The van der Waals surface area contributed by atoms with Crippen molar-refractivity contribution in [3.63, 3.8) is 0 Å². The van der Waals surface area contributed by atoms with Crippen LogP contribution in [0.3, 0.4) is 0 Å². The number of halogens is 6. The highest BCUT2D eigenvalue weighted by molar-refractivity contribution is 7.89. The van der Waals surface area contributed by atoms with Gasteiger partial charge in [0.1, 0.15) is 0 Å². The molecule has 13 nitrogen and oxygen atoms in total. The highest BCUT2D eigenvalue weighted by Crippen LogP contribution is 2.38. The minimum Gasteiger partial charge on any atom is -0.412 e.